The Bertz CT molecular complexity index is 450. The zero-order valence-electron chi connectivity index (χ0n) is 6.77. The average molecular weight is 173 g/mol. The highest BCUT2D eigenvalue weighted by Gasteiger charge is 1.98. The number of nitrogens with one attached hydrogen (secondary N) is 1. The van der Waals surface area contributed by atoms with Gasteiger partial charge in [0.25, 0.3) is 0 Å². The first-order valence-electron chi connectivity index (χ1n) is 3.83. The van der Waals surface area contributed by atoms with Crippen LogP contribution in [0.15, 0.2) is 41.5 Å². The molecule has 0 aromatic carbocycles. The van der Waals surface area contributed by atoms with Crippen LogP contribution in [0.2, 0.25) is 0 Å². The average Bonchev–Trinajstić information content (AvgIpc) is 2.19. The summed E-state index contributed by atoms with van der Waals surface area (Å²) in [5.41, 5.74) is 0.484. The molecule has 4 heteroatoms. The third-order valence-electron chi connectivity index (χ3n) is 1.58. The minimum atomic E-state index is -0.148. The predicted molar refractivity (Wildman–Crippen MR) is 48.1 cm³/mol. The quantitative estimate of drug-likeness (QED) is 0.694. The highest BCUT2D eigenvalue weighted by Crippen LogP contribution is 2.06. The molecule has 2 aromatic heterocycles. The number of hydrogen-bond acceptors (Lipinski definition) is 3. The normalized spacial score (nSPS) is 9.85. The lowest BCUT2D eigenvalue weighted by molar-refractivity contribution is 1.12. The number of aromatic amines is 1. The van der Waals surface area contributed by atoms with Crippen LogP contribution >= 0.6 is 0 Å². The van der Waals surface area contributed by atoms with E-state index in [9.17, 15) is 4.79 Å². The van der Waals surface area contributed by atoms with Gasteiger partial charge >= 0.3 is 0 Å². The molecule has 2 rings (SSSR count). The molecule has 0 aliphatic rings. The van der Waals surface area contributed by atoms with Gasteiger partial charge in [-0.2, -0.15) is 0 Å². The van der Waals surface area contributed by atoms with Crippen LogP contribution in [0, 0.1) is 0 Å². The van der Waals surface area contributed by atoms with Gasteiger partial charge in [0.15, 0.2) is 5.82 Å². The summed E-state index contributed by atoms with van der Waals surface area (Å²) in [6, 6.07) is 6.61. The van der Waals surface area contributed by atoms with Crippen LogP contribution in [0.1, 0.15) is 0 Å². The van der Waals surface area contributed by atoms with Gasteiger partial charge in [-0.25, -0.2) is 9.97 Å². The van der Waals surface area contributed by atoms with Crippen molar-refractivity contribution in [1.82, 2.24) is 15.0 Å². The smallest absolute Gasteiger partial charge is 0.248 e. The van der Waals surface area contributed by atoms with Crippen molar-refractivity contribution in [1.29, 1.82) is 0 Å². The van der Waals surface area contributed by atoms with E-state index in [2.05, 4.69) is 15.0 Å². The summed E-state index contributed by atoms with van der Waals surface area (Å²) >= 11 is 0. The minimum absolute atomic E-state index is 0.148. The molecular formula is C9H7N3O. The van der Waals surface area contributed by atoms with Gasteiger partial charge in [-0.3, -0.25) is 4.79 Å². The molecule has 0 bridgehead atoms. The van der Waals surface area contributed by atoms with Gasteiger partial charge in [-0.05, 0) is 12.1 Å². The summed E-state index contributed by atoms with van der Waals surface area (Å²) in [7, 11) is 0. The second-order valence-corrected chi connectivity index (χ2v) is 2.50. The molecule has 0 spiro atoms. The zero-order valence-corrected chi connectivity index (χ0v) is 6.77. The fourth-order valence-electron chi connectivity index (χ4n) is 1.02. The minimum Gasteiger partial charge on any atom is -0.319 e. The Morgan fingerprint density at radius 1 is 1.08 bits per heavy atom. The summed E-state index contributed by atoms with van der Waals surface area (Å²) < 4.78 is 0. The second-order valence-electron chi connectivity index (χ2n) is 2.50. The molecule has 0 radical (unpaired) electrons. The molecule has 2 heterocycles. The first-order valence-corrected chi connectivity index (χ1v) is 3.83. The molecule has 0 saturated carbocycles. The van der Waals surface area contributed by atoms with E-state index in [0.29, 0.717) is 11.5 Å². The highest BCUT2D eigenvalue weighted by molar-refractivity contribution is 5.47. The van der Waals surface area contributed by atoms with E-state index in [1.54, 1.807) is 30.6 Å². The van der Waals surface area contributed by atoms with E-state index in [0.717, 1.165) is 0 Å². The molecule has 4 nitrogen and oxygen atoms in total. The van der Waals surface area contributed by atoms with Gasteiger partial charge in [0.2, 0.25) is 5.56 Å². The van der Waals surface area contributed by atoms with E-state index in [1.165, 1.54) is 6.07 Å². The number of aromatic nitrogens is 3. The van der Waals surface area contributed by atoms with Crippen molar-refractivity contribution in [3.63, 3.8) is 0 Å². The Labute approximate surface area is 74.3 Å². The Balaban J connectivity index is 2.54. The van der Waals surface area contributed by atoms with Crippen LogP contribution in [-0.4, -0.2) is 15.0 Å². The van der Waals surface area contributed by atoms with Crippen LogP contribution in [-0.2, 0) is 0 Å². The molecule has 13 heavy (non-hydrogen) atoms. The Morgan fingerprint density at radius 2 is 1.85 bits per heavy atom. The lowest BCUT2D eigenvalue weighted by Gasteiger charge is -1.96. The summed E-state index contributed by atoms with van der Waals surface area (Å²) in [6.45, 7) is 0. The van der Waals surface area contributed by atoms with E-state index in [4.69, 9.17) is 0 Å². The number of rotatable bonds is 1. The third kappa shape index (κ3) is 1.61. The van der Waals surface area contributed by atoms with E-state index in [-0.39, 0.29) is 5.56 Å². The molecular weight excluding hydrogens is 166 g/mol. The number of hydrogen-bond donors (Lipinski definition) is 1. The number of nitrogens with zero attached hydrogens (tertiary/aromatic N) is 2. The largest absolute Gasteiger partial charge is 0.319 e. The maximum Gasteiger partial charge on any atom is 0.248 e. The SMILES string of the molecule is O=c1cccc(-c2ncccn2)[nH]1. The summed E-state index contributed by atoms with van der Waals surface area (Å²) in [5, 5.41) is 0. The molecule has 64 valence electrons. The Hall–Kier alpha value is -1.97. The second kappa shape index (κ2) is 3.18. The molecule has 1 N–H and O–H groups in total. The van der Waals surface area contributed by atoms with Crippen molar-refractivity contribution in [2.45, 2.75) is 0 Å². The van der Waals surface area contributed by atoms with E-state index < -0.39 is 0 Å². The van der Waals surface area contributed by atoms with Crippen LogP contribution in [0.25, 0.3) is 11.5 Å². The lowest BCUT2D eigenvalue weighted by Crippen LogP contribution is -2.04. The van der Waals surface area contributed by atoms with E-state index >= 15 is 0 Å². The Morgan fingerprint density at radius 3 is 2.54 bits per heavy atom. The maximum atomic E-state index is 11.0. The summed E-state index contributed by atoms with van der Waals surface area (Å²) in [5.74, 6) is 0.528. The molecule has 0 amide bonds. The number of H-pyrrole nitrogens is 1. The fraction of sp³-hybridized carbons (Fsp3) is 0. The fourth-order valence-corrected chi connectivity index (χ4v) is 1.02. The van der Waals surface area contributed by atoms with Crippen LogP contribution in [0.4, 0.5) is 0 Å². The van der Waals surface area contributed by atoms with Crippen molar-refractivity contribution in [2.75, 3.05) is 0 Å². The lowest BCUT2D eigenvalue weighted by atomic mass is 10.3. The van der Waals surface area contributed by atoms with Gasteiger partial charge in [0.05, 0.1) is 5.69 Å². The van der Waals surface area contributed by atoms with Gasteiger partial charge < -0.3 is 4.98 Å². The van der Waals surface area contributed by atoms with Crippen molar-refractivity contribution >= 4 is 0 Å². The van der Waals surface area contributed by atoms with Crippen LogP contribution in [0.5, 0.6) is 0 Å². The Kier molecular flexibility index (Phi) is 1.88. The predicted octanol–water partition coefficient (Wildman–Crippen LogP) is 0.832. The van der Waals surface area contributed by atoms with Gasteiger partial charge in [0.1, 0.15) is 0 Å². The van der Waals surface area contributed by atoms with Gasteiger partial charge in [-0.15, -0.1) is 0 Å². The zero-order chi connectivity index (χ0) is 9.10. The van der Waals surface area contributed by atoms with Gasteiger partial charge in [0, 0.05) is 18.5 Å². The highest BCUT2D eigenvalue weighted by atomic mass is 16.1. The molecule has 0 atom stereocenters. The van der Waals surface area contributed by atoms with Crippen molar-refractivity contribution < 1.29 is 0 Å². The molecule has 0 aliphatic carbocycles. The standard InChI is InChI=1S/C9H7N3O/c13-8-4-1-3-7(12-8)9-10-5-2-6-11-9/h1-6H,(H,12,13). The van der Waals surface area contributed by atoms with E-state index in [1.807, 2.05) is 0 Å². The first-order chi connectivity index (χ1) is 6.36. The van der Waals surface area contributed by atoms with Crippen molar-refractivity contribution in [3.8, 4) is 11.5 Å². The molecule has 0 fully saturated rings. The summed E-state index contributed by atoms with van der Waals surface area (Å²) in [6.07, 6.45) is 3.27. The third-order valence-corrected chi connectivity index (χ3v) is 1.58. The van der Waals surface area contributed by atoms with Crippen LogP contribution < -0.4 is 5.56 Å². The molecule has 0 unspecified atom stereocenters. The molecule has 0 aliphatic heterocycles. The first kappa shape index (κ1) is 7.67. The monoisotopic (exact) mass is 173 g/mol. The van der Waals surface area contributed by atoms with Crippen LogP contribution in [0.3, 0.4) is 0 Å². The number of pyridine rings is 1. The topological polar surface area (TPSA) is 58.6 Å². The van der Waals surface area contributed by atoms with Crippen molar-refractivity contribution in [3.05, 3.63) is 47.0 Å². The summed E-state index contributed by atoms with van der Waals surface area (Å²) in [4.78, 5) is 21.6. The van der Waals surface area contributed by atoms with Crippen molar-refractivity contribution in [2.24, 2.45) is 0 Å². The molecule has 0 saturated heterocycles. The molecule has 2 aromatic rings. The maximum absolute atomic E-state index is 11.0. The van der Waals surface area contributed by atoms with Gasteiger partial charge in [-0.1, -0.05) is 6.07 Å².